The third-order valence-corrected chi connectivity index (χ3v) is 5.29. The number of thiocarbonyl (C=S) groups is 1. The van der Waals surface area contributed by atoms with Crippen molar-refractivity contribution >= 4 is 46.3 Å². The van der Waals surface area contributed by atoms with E-state index in [-0.39, 0.29) is 16.1 Å². The fourth-order valence-electron chi connectivity index (χ4n) is 2.48. The molecule has 7 heteroatoms. The minimum atomic E-state index is -1.04. The Morgan fingerprint density at radius 1 is 1.46 bits per heavy atom. The molecule has 1 aromatic rings. The number of carbonyl (C=O) groups is 2. The third kappa shape index (κ3) is 3.62. The van der Waals surface area contributed by atoms with E-state index in [9.17, 15) is 14.7 Å². The highest BCUT2D eigenvalue weighted by molar-refractivity contribution is 8.26. The number of rotatable bonds is 6. The first kappa shape index (κ1) is 18.5. The van der Waals surface area contributed by atoms with Gasteiger partial charge in [0.2, 0.25) is 0 Å². The molecule has 0 radical (unpaired) electrons. The average molecular weight is 365 g/mol. The van der Waals surface area contributed by atoms with Gasteiger partial charge in [0.25, 0.3) is 5.91 Å². The van der Waals surface area contributed by atoms with Gasteiger partial charge in [-0.15, -0.1) is 0 Å². The smallest absolute Gasteiger partial charge is 0.327 e. The normalized spacial score (nSPS) is 18.8. The summed E-state index contributed by atoms with van der Waals surface area (Å²) >= 11 is 6.39. The third-order valence-electron chi connectivity index (χ3n) is 3.96. The molecule has 0 unspecified atom stereocenters. The largest absolute Gasteiger partial charge is 0.496 e. The van der Waals surface area contributed by atoms with Crippen LogP contribution in [0.1, 0.15) is 25.8 Å². The summed E-state index contributed by atoms with van der Waals surface area (Å²) in [4.78, 5) is 26.0. The number of ether oxygens (including phenoxy) is 1. The van der Waals surface area contributed by atoms with Crippen molar-refractivity contribution in [3.8, 4) is 5.75 Å². The van der Waals surface area contributed by atoms with Gasteiger partial charge < -0.3 is 9.84 Å². The number of carboxylic acids is 1. The summed E-state index contributed by atoms with van der Waals surface area (Å²) < 4.78 is 5.55. The minimum Gasteiger partial charge on any atom is -0.496 e. The standard InChI is InChI=1S/C17H19NO4S2/c1-4-10(2)14(16(20)21)18-15(19)13(24-17(18)23)9-11-7-5-6-8-12(11)22-3/h5-10,14H,4H2,1-3H3,(H,20,21)/b13-9-/t10-,14+/m0/s1. The van der Waals surface area contributed by atoms with E-state index < -0.39 is 12.0 Å². The van der Waals surface area contributed by atoms with Crippen LogP contribution in [0.4, 0.5) is 0 Å². The van der Waals surface area contributed by atoms with Crippen LogP contribution < -0.4 is 4.74 Å². The van der Waals surface area contributed by atoms with Crippen LogP contribution in [-0.2, 0) is 9.59 Å². The van der Waals surface area contributed by atoms with E-state index >= 15 is 0 Å². The molecule has 1 aromatic carbocycles. The van der Waals surface area contributed by atoms with Crippen molar-refractivity contribution in [2.45, 2.75) is 26.3 Å². The van der Waals surface area contributed by atoms with E-state index in [0.29, 0.717) is 17.1 Å². The summed E-state index contributed by atoms with van der Waals surface area (Å²) in [6.45, 7) is 3.70. The molecule has 1 aliphatic heterocycles. The fourth-order valence-corrected chi connectivity index (χ4v) is 3.80. The maximum atomic E-state index is 12.7. The maximum Gasteiger partial charge on any atom is 0.327 e. The monoisotopic (exact) mass is 365 g/mol. The van der Waals surface area contributed by atoms with Gasteiger partial charge in [-0.05, 0) is 18.1 Å². The second-order valence-corrected chi connectivity index (χ2v) is 7.14. The summed E-state index contributed by atoms with van der Waals surface area (Å²) in [5.74, 6) is -0.974. The van der Waals surface area contributed by atoms with Crippen molar-refractivity contribution < 1.29 is 19.4 Å². The molecule has 1 N–H and O–H groups in total. The molecule has 5 nitrogen and oxygen atoms in total. The van der Waals surface area contributed by atoms with E-state index in [1.54, 1.807) is 26.2 Å². The lowest BCUT2D eigenvalue weighted by Gasteiger charge is -2.27. The minimum absolute atomic E-state index is 0.199. The predicted molar refractivity (Wildman–Crippen MR) is 98.9 cm³/mol. The van der Waals surface area contributed by atoms with Gasteiger partial charge in [-0.3, -0.25) is 9.69 Å². The lowest BCUT2D eigenvalue weighted by Crippen LogP contribution is -2.47. The summed E-state index contributed by atoms with van der Waals surface area (Å²) in [7, 11) is 1.56. The summed E-state index contributed by atoms with van der Waals surface area (Å²) in [6, 6.07) is 6.35. The second-order valence-electron chi connectivity index (χ2n) is 5.46. The number of aliphatic carboxylic acids is 1. The highest BCUT2D eigenvalue weighted by atomic mass is 32.2. The first-order valence-corrected chi connectivity index (χ1v) is 8.76. The topological polar surface area (TPSA) is 66.8 Å². The van der Waals surface area contributed by atoms with Crippen molar-refractivity contribution in [2.24, 2.45) is 5.92 Å². The second kappa shape index (κ2) is 7.81. The Labute approximate surface area is 150 Å². The van der Waals surface area contributed by atoms with Crippen LogP contribution in [0.5, 0.6) is 5.75 Å². The SMILES string of the molecule is CC[C@H](C)[C@H](C(=O)O)N1C(=O)/C(=C/c2ccccc2OC)SC1=S. The van der Waals surface area contributed by atoms with Gasteiger partial charge in [0, 0.05) is 5.56 Å². The Morgan fingerprint density at radius 3 is 2.71 bits per heavy atom. The molecule has 2 rings (SSSR count). The van der Waals surface area contributed by atoms with Gasteiger partial charge in [0.1, 0.15) is 16.1 Å². The van der Waals surface area contributed by atoms with Gasteiger partial charge in [-0.25, -0.2) is 4.79 Å². The highest BCUT2D eigenvalue weighted by Gasteiger charge is 2.42. The Bertz CT molecular complexity index is 702. The molecule has 0 saturated carbocycles. The van der Waals surface area contributed by atoms with E-state index in [2.05, 4.69) is 0 Å². The molecule has 1 fully saturated rings. The zero-order valence-electron chi connectivity index (χ0n) is 13.7. The summed E-state index contributed by atoms with van der Waals surface area (Å²) in [5.41, 5.74) is 0.746. The maximum absolute atomic E-state index is 12.7. The molecule has 1 heterocycles. The fraction of sp³-hybridized carbons (Fsp3) is 0.353. The van der Waals surface area contributed by atoms with Crippen molar-refractivity contribution in [3.63, 3.8) is 0 Å². The lowest BCUT2D eigenvalue weighted by molar-refractivity contribution is -0.147. The summed E-state index contributed by atoms with van der Waals surface area (Å²) in [6.07, 6.45) is 2.33. The zero-order valence-corrected chi connectivity index (χ0v) is 15.3. The number of carboxylic acid groups (broad SMARTS) is 1. The molecular formula is C17H19NO4S2. The molecule has 0 spiro atoms. The van der Waals surface area contributed by atoms with Crippen LogP contribution in [0.3, 0.4) is 0 Å². The van der Waals surface area contributed by atoms with E-state index in [1.165, 1.54) is 4.90 Å². The molecule has 24 heavy (non-hydrogen) atoms. The first-order chi connectivity index (χ1) is 11.4. The van der Waals surface area contributed by atoms with Gasteiger partial charge in [0.15, 0.2) is 0 Å². The molecule has 0 bridgehead atoms. The predicted octanol–water partition coefficient (Wildman–Crippen LogP) is 3.40. The van der Waals surface area contributed by atoms with Crippen molar-refractivity contribution in [1.29, 1.82) is 0 Å². The number of thioether (sulfide) groups is 1. The number of amides is 1. The quantitative estimate of drug-likeness (QED) is 0.616. The molecule has 1 saturated heterocycles. The number of hydrogen-bond donors (Lipinski definition) is 1. The van der Waals surface area contributed by atoms with E-state index in [1.807, 2.05) is 25.1 Å². The van der Waals surface area contributed by atoms with Crippen molar-refractivity contribution in [3.05, 3.63) is 34.7 Å². The number of methoxy groups -OCH3 is 1. The van der Waals surface area contributed by atoms with Gasteiger partial charge in [-0.1, -0.05) is 62.4 Å². The Kier molecular flexibility index (Phi) is 6.01. The zero-order chi connectivity index (χ0) is 17.9. The van der Waals surface area contributed by atoms with Crippen LogP contribution in [0.15, 0.2) is 29.2 Å². The molecule has 0 aromatic heterocycles. The Hall–Kier alpha value is -1.86. The van der Waals surface area contributed by atoms with Gasteiger partial charge in [0.05, 0.1) is 12.0 Å². The number of hydrogen-bond acceptors (Lipinski definition) is 5. The summed E-state index contributed by atoms with van der Waals surface area (Å²) in [5, 5.41) is 9.53. The number of nitrogens with zero attached hydrogens (tertiary/aromatic N) is 1. The first-order valence-electron chi connectivity index (χ1n) is 7.53. The molecule has 128 valence electrons. The molecule has 2 atom stereocenters. The van der Waals surface area contributed by atoms with E-state index in [4.69, 9.17) is 17.0 Å². The van der Waals surface area contributed by atoms with E-state index in [0.717, 1.165) is 17.3 Å². The lowest BCUT2D eigenvalue weighted by atomic mass is 9.98. The average Bonchev–Trinajstić information content (AvgIpc) is 2.83. The van der Waals surface area contributed by atoms with Crippen LogP contribution >= 0.6 is 24.0 Å². The molecule has 1 amide bonds. The molecule has 1 aliphatic rings. The van der Waals surface area contributed by atoms with Crippen molar-refractivity contribution in [2.75, 3.05) is 7.11 Å². The van der Waals surface area contributed by atoms with Crippen LogP contribution in [0.2, 0.25) is 0 Å². The van der Waals surface area contributed by atoms with Crippen LogP contribution in [0, 0.1) is 5.92 Å². The van der Waals surface area contributed by atoms with Crippen LogP contribution in [0.25, 0.3) is 6.08 Å². The molecule has 0 aliphatic carbocycles. The molecular weight excluding hydrogens is 346 g/mol. The van der Waals surface area contributed by atoms with Crippen molar-refractivity contribution in [1.82, 2.24) is 4.90 Å². The number of carbonyl (C=O) groups excluding carboxylic acids is 1. The highest BCUT2D eigenvalue weighted by Crippen LogP contribution is 2.37. The van der Waals surface area contributed by atoms with Crippen LogP contribution in [-0.4, -0.2) is 39.4 Å². The van der Waals surface area contributed by atoms with Gasteiger partial charge >= 0.3 is 5.97 Å². The Morgan fingerprint density at radius 2 is 2.12 bits per heavy atom. The van der Waals surface area contributed by atoms with Gasteiger partial charge in [-0.2, -0.15) is 0 Å². The number of para-hydroxylation sites is 1. The number of benzene rings is 1. The Balaban J connectivity index is 2.38.